The number of hydrogen-bond donors (Lipinski definition) is 3. The molecular weight excluding hydrogens is 1040 g/mol. The first-order chi connectivity index (χ1) is 42.0. The van der Waals surface area contributed by atoms with Gasteiger partial charge in [0.15, 0.2) is 0 Å². The first kappa shape index (κ1) is 83.1. The molecule has 0 aliphatic heterocycles. The van der Waals surface area contributed by atoms with E-state index in [1.165, 1.54) is 353 Å². The van der Waals surface area contributed by atoms with E-state index < -0.39 is 12.1 Å². The predicted octanol–water partition coefficient (Wildman–Crippen LogP) is 25.4. The largest absolute Gasteiger partial charge is 0.466 e. The zero-order chi connectivity index (χ0) is 61.3. The van der Waals surface area contributed by atoms with Crippen LogP contribution >= 0.6 is 0 Å². The van der Waals surface area contributed by atoms with Gasteiger partial charge in [-0.15, -0.1) is 0 Å². The van der Waals surface area contributed by atoms with Crippen LogP contribution in [0.3, 0.4) is 0 Å². The minimum Gasteiger partial charge on any atom is -0.466 e. The molecule has 0 rings (SSSR count). The van der Waals surface area contributed by atoms with Crippen LogP contribution < -0.4 is 5.32 Å². The van der Waals surface area contributed by atoms with Crippen LogP contribution in [0.25, 0.3) is 0 Å². The molecule has 0 aromatic carbocycles. The topological polar surface area (TPSA) is 95.9 Å². The second kappa shape index (κ2) is 74.5. The second-order valence-corrected chi connectivity index (χ2v) is 26.7. The molecule has 0 spiro atoms. The Morgan fingerprint density at radius 3 is 0.918 bits per heavy atom. The summed E-state index contributed by atoms with van der Waals surface area (Å²) in [6.45, 7) is 4.92. The highest BCUT2D eigenvalue weighted by Crippen LogP contribution is 2.20. The van der Waals surface area contributed by atoms with E-state index in [1.54, 1.807) is 6.08 Å². The fourth-order valence-corrected chi connectivity index (χ4v) is 12.3. The maximum Gasteiger partial charge on any atom is 0.305 e. The summed E-state index contributed by atoms with van der Waals surface area (Å²) in [5, 5.41) is 23.2. The number of rotatable bonds is 73. The Labute approximate surface area is 532 Å². The van der Waals surface area contributed by atoms with Crippen molar-refractivity contribution in [2.75, 3.05) is 13.2 Å². The number of aliphatic hydroxyl groups is 2. The molecule has 0 aliphatic carbocycles. The quantitative estimate of drug-likeness (QED) is 0.0320. The Morgan fingerprint density at radius 1 is 0.329 bits per heavy atom. The van der Waals surface area contributed by atoms with Gasteiger partial charge in [0, 0.05) is 12.8 Å². The molecule has 2 atom stereocenters. The van der Waals surface area contributed by atoms with Gasteiger partial charge < -0.3 is 20.3 Å². The van der Waals surface area contributed by atoms with Crippen molar-refractivity contribution in [1.29, 1.82) is 0 Å². The number of amides is 1. The Kier molecular flexibility index (Phi) is 72.9. The monoisotopic (exact) mass is 1190 g/mol. The molecule has 0 radical (unpaired) electrons. The molecule has 6 heteroatoms. The number of unbranched alkanes of at least 4 members (excludes halogenated alkanes) is 58. The van der Waals surface area contributed by atoms with Crippen LogP contribution in [-0.4, -0.2) is 47.4 Å². The third-order valence-electron chi connectivity index (χ3n) is 18.2. The van der Waals surface area contributed by atoms with Gasteiger partial charge in [-0.2, -0.15) is 0 Å². The van der Waals surface area contributed by atoms with E-state index in [4.69, 9.17) is 4.74 Å². The van der Waals surface area contributed by atoms with Gasteiger partial charge in [0.2, 0.25) is 5.91 Å². The molecule has 0 aliphatic rings. The Balaban J connectivity index is 3.32. The SMILES string of the molecule is CCCCC/C=C\C/C=C\CCCCCCCCCC(=O)OCCCCCCCCCCCCCCCCCCCCCCCCCCCCCCCCCCCCCC(=O)NC(CO)C(O)/C=C/CCCCCCCCCCCCCCCC. The molecule has 0 bridgehead atoms. The second-order valence-electron chi connectivity index (χ2n) is 26.7. The summed E-state index contributed by atoms with van der Waals surface area (Å²) in [6, 6.07) is -0.624. The standard InChI is InChI=1S/C79H151NO5/c1-3-5-7-9-11-13-15-17-19-40-45-49-53-57-61-65-69-73-79(84)85-74-70-66-62-58-54-50-46-42-39-37-35-33-31-29-27-25-23-21-22-24-26-28-30-32-34-36-38-41-44-48-52-56-60-64-68-72-78(83)80-76(75-81)77(82)71-67-63-59-55-51-47-43-20-18-16-14-12-10-8-6-4-2/h11,13,17,19,67,71,76-77,81-82H,3-10,12,14-16,18,20-66,68-70,72-75H2,1-2H3,(H,80,83)/b13-11-,19-17-,71-67+. The number of hydrogen-bond acceptors (Lipinski definition) is 5. The highest BCUT2D eigenvalue weighted by Gasteiger charge is 2.18. The van der Waals surface area contributed by atoms with Crippen molar-refractivity contribution >= 4 is 11.9 Å². The summed E-state index contributed by atoms with van der Waals surface area (Å²) in [7, 11) is 0. The van der Waals surface area contributed by atoms with Gasteiger partial charge in [0.25, 0.3) is 0 Å². The number of aliphatic hydroxyl groups excluding tert-OH is 2. The molecule has 2 unspecified atom stereocenters. The number of esters is 1. The van der Waals surface area contributed by atoms with Gasteiger partial charge in [-0.05, 0) is 64.2 Å². The van der Waals surface area contributed by atoms with Crippen molar-refractivity contribution in [1.82, 2.24) is 5.32 Å². The molecule has 0 fully saturated rings. The van der Waals surface area contributed by atoms with Crippen molar-refractivity contribution in [3.8, 4) is 0 Å². The highest BCUT2D eigenvalue weighted by molar-refractivity contribution is 5.76. The minimum atomic E-state index is -0.841. The van der Waals surface area contributed by atoms with Crippen molar-refractivity contribution in [2.24, 2.45) is 0 Å². The number of nitrogens with one attached hydrogen (secondary N) is 1. The molecule has 0 aromatic rings. The molecule has 502 valence electrons. The molecule has 0 saturated heterocycles. The molecule has 1 amide bonds. The van der Waals surface area contributed by atoms with E-state index in [1.807, 2.05) is 6.08 Å². The molecular formula is C79H151NO5. The molecule has 0 aromatic heterocycles. The lowest BCUT2D eigenvalue weighted by atomic mass is 10.0. The van der Waals surface area contributed by atoms with E-state index >= 15 is 0 Å². The van der Waals surface area contributed by atoms with Crippen molar-refractivity contribution < 1.29 is 24.5 Å². The van der Waals surface area contributed by atoms with Crippen molar-refractivity contribution in [2.45, 2.75) is 443 Å². The van der Waals surface area contributed by atoms with Crippen LogP contribution in [0.1, 0.15) is 431 Å². The van der Waals surface area contributed by atoms with Crippen LogP contribution in [0.2, 0.25) is 0 Å². The van der Waals surface area contributed by atoms with Gasteiger partial charge in [-0.3, -0.25) is 9.59 Å². The summed E-state index contributed by atoms with van der Waals surface area (Å²) in [5.74, 6) is -0.0445. The van der Waals surface area contributed by atoms with Crippen molar-refractivity contribution in [3.05, 3.63) is 36.5 Å². The molecule has 3 N–H and O–H groups in total. The van der Waals surface area contributed by atoms with Gasteiger partial charge in [0.05, 0.1) is 25.4 Å². The van der Waals surface area contributed by atoms with E-state index in [9.17, 15) is 19.8 Å². The van der Waals surface area contributed by atoms with Crippen molar-refractivity contribution in [3.63, 3.8) is 0 Å². The number of allylic oxidation sites excluding steroid dienone is 5. The normalized spacial score (nSPS) is 12.7. The fourth-order valence-electron chi connectivity index (χ4n) is 12.3. The Bertz CT molecular complexity index is 1380. The van der Waals surface area contributed by atoms with E-state index in [-0.39, 0.29) is 18.5 Å². The van der Waals surface area contributed by atoms with E-state index in [0.29, 0.717) is 19.4 Å². The van der Waals surface area contributed by atoms with Crippen LogP contribution in [0.4, 0.5) is 0 Å². The fraction of sp³-hybridized carbons (Fsp3) is 0.899. The zero-order valence-corrected chi connectivity index (χ0v) is 57.6. The zero-order valence-electron chi connectivity index (χ0n) is 57.6. The molecule has 6 nitrogen and oxygen atoms in total. The first-order valence-electron chi connectivity index (χ1n) is 38.8. The lowest BCUT2D eigenvalue weighted by molar-refractivity contribution is -0.143. The van der Waals surface area contributed by atoms with Crippen LogP contribution in [0.15, 0.2) is 36.5 Å². The highest BCUT2D eigenvalue weighted by atomic mass is 16.5. The maximum absolute atomic E-state index is 12.5. The first-order valence-corrected chi connectivity index (χ1v) is 38.8. The average Bonchev–Trinajstić information content (AvgIpc) is 3.51. The lowest BCUT2D eigenvalue weighted by Gasteiger charge is -2.20. The number of ether oxygens (including phenoxy) is 1. The van der Waals surface area contributed by atoms with Crippen LogP contribution in [0.5, 0.6) is 0 Å². The summed E-state index contributed by atoms with van der Waals surface area (Å²) >= 11 is 0. The smallest absolute Gasteiger partial charge is 0.305 e. The van der Waals surface area contributed by atoms with Crippen LogP contribution in [0, 0.1) is 0 Å². The molecule has 0 heterocycles. The minimum absolute atomic E-state index is 0.0151. The number of carbonyl (C=O) groups excluding carboxylic acids is 2. The third-order valence-corrected chi connectivity index (χ3v) is 18.2. The molecule has 0 saturated carbocycles. The third kappa shape index (κ3) is 71.0. The summed E-state index contributed by atoms with van der Waals surface area (Å²) < 4.78 is 5.51. The van der Waals surface area contributed by atoms with Crippen LogP contribution in [-0.2, 0) is 14.3 Å². The summed E-state index contributed by atoms with van der Waals surface area (Å²) in [6.07, 6.45) is 96.9. The Hall–Kier alpha value is -1.92. The van der Waals surface area contributed by atoms with Gasteiger partial charge >= 0.3 is 5.97 Å². The average molecular weight is 1200 g/mol. The lowest BCUT2D eigenvalue weighted by Crippen LogP contribution is -2.45. The molecule has 85 heavy (non-hydrogen) atoms. The van der Waals surface area contributed by atoms with Gasteiger partial charge in [-0.1, -0.05) is 391 Å². The van der Waals surface area contributed by atoms with E-state index in [2.05, 4.69) is 43.5 Å². The maximum atomic E-state index is 12.5. The Morgan fingerprint density at radius 2 is 0.588 bits per heavy atom. The van der Waals surface area contributed by atoms with E-state index in [0.717, 1.165) is 51.4 Å². The predicted molar refractivity (Wildman–Crippen MR) is 375 cm³/mol. The van der Waals surface area contributed by atoms with Gasteiger partial charge in [-0.25, -0.2) is 0 Å². The summed E-state index contributed by atoms with van der Waals surface area (Å²) in [5.41, 5.74) is 0. The van der Waals surface area contributed by atoms with Gasteiger partial charge in [0.1, 0.15) is 0 Å². The summed E-state index contributed by atoms with van der Waals surface area (Å²) in [4.78, 5) is 24.6. The number of carbonyl (C=O) groups is 2.